The number of anilines is 1. The number of carbonyl (C=O) groups is 1. The van der Waals surface area contributed by atoms with Crippen molar-refractivity contribution in [3.05, 3.63) is 72.4 Å². The van der Waals surface area contributed by atoms with Crippen molar-refractivity contribution in [2.75, 3.05) is 25.0 Å². The molecular formula is C23H25N3O. The number of nitrogens with zero attached hydrogens (tertiary/aromatic N) is 2. The number of hydrogen-bond acceptors (Lipinski definition) is 3. The number of para-hydroxylation sites is 1. The van der Waals surface area contributed by atoms with E-state index < -0.39 is 0 Å². The fourth-order valence-corrected chi connectivity index (χ4v) is 3.89. The second-order valence-corrected chi connectivity index (χ2v) is 7.34. The first-order chi connectivity index (χ1) is 13.3. The predicted octanol–water partition coefficient (Wildman–Crippen LogP) is 4.13. The van der Waals surface area contributed by atoms with Gasteiger partial charge in [0, 0.05) is 11.6 Å². The van der Waals surface area contributed by atoms with E-state index in [1.807, 2.05) is 30.3 Å². The molecule has 0 unspecified atom stereocenters. The molecular weight excluding hydrogens is 334 g/mol. The van der Waals surface area contributed by atoms with Crippen molar-refractivity contribution >= 4 is 22.5 Å². The van der Waals surface area contributed by atoms with E-state index in [0.717, 1.165) is 48.9 Å². The van der Waals surface area contributed by atoms with Crippen molar-refractivity contribution in [1.29, 1.82) is 0 Å². The van der Waals surface area contributed by atoms with Crippen LogP contribution < -0.4 is 5.32 Å². The number of piperidine rings is 1. The predicted molar refractivity (Wildman–Crippen MR) is 110 cm³/mol. The Hall–Kier alpha value is -2.72. The molecule has 4 rings (SSSR count). The SMILES string of the molecule is O=C(CN1CCC(Cc2ccccc2)CC1)Nc1cccc2cccnc12. The van der Waals surface area contributed by atoms with Gasteiger partial charge in [0.2, 0.25) is 5.91 Å². The van der Waals surface area contributed by atoms with Crippen molar-refractivity contribution in [2.45, 2.75) is 19.3 Å². The molecule has 0 bridgehead atoms. The van der Waals surface area contributed by atoms with E-state index in [1.165, 1.54) is 5.56 Å². The topological polar surface area (TPSA) is 45.2 Å². The van der Waals surface area contributed by atoms with Crippen LogP contribution in [0.4, 0.5) is 5.69 Å². The average molecular weight is 359 g/mol. The van der Waals surface area contributed by atoms with E-state index in [-0.39, 0.29) is 5.91 Å². The van der Waals surface area contributed by atoms with Gasteiger partial charge in [-0.2, -0.15) is 0 Å². The van der Waals surface area contributed by atoms with E-state index in [0.29, 0.717) is 12.5 Å². The Morgan fingerprint density at radius 3 is 2.59 bits per heavy atom. The largest absolute Gasteiger partial charge is 0.323 e. The molecule has 1 aliphatic heterocycles. The molecule has 4 heteroatoms. The van der Waals surface area contributed by atoms with Crippen LogP contribution in [0.5, 0.6) is 0 Å². The lowest BCUT2D eigenvalue weighted by molar-refractivity contribution is -0.117. The molecule has 138 valence electrons. The van der Waals surface area contributed by atoms with Crippen LogP contribution >= 0.6 is 0 Å². The third-order valence-electron chi connectivity index (χ3n) is 5.35. The van der Waals surface area contributed by atoms with Crippen LogP contribution in [0, 0.1) is 5.92 Å². The summed E-state index contributed by atoms with van der Waals surface area (Å²) in [6.45, 7) is 2.42. The molecule has 1 saturated heterocycles. The summed E-state index contributed by atoms with van der Waals surface area (Å²) < 4.78 is 0. The van der Waals surface area contributed by atoms with Crippen molar-refractivity contribution in [2.24, 2.45) is 5.92 Å². The Labute approximate surface area is 160 Å². The summed E-state index contributed by atoms with van der Waals surface area (Å²) in [5.74, 6) is 0.753. The average Bonchev–Trinajstić information content (AvgIpc) is 2.71. The van der Waals surface area contributed by atoms with Crippen LogP contribution in [-0.2, 0) is 11.2 Å². The van der Waals surface area contributed by atoms with Gasteiger partial charge in [-0.25, -0.2) is 0 Å². The molecule has 1 aromatic heterocycles. The van der Waals surface area contributed by atoms with Crippen LogP contribution in [-0.4, -0.2) is 35.4 Å². The van der Waals surface area contributed by atoms with Crippen LogP contribution in [0.2, 0.25) is 0 Å². The zero-order valence-electron chi connectivity index (χ0n) is 15.5. The molecule has 1 amide bonds. The molecule has 3 aromatic rings. The minimum Gasteiger partial charge on any atom is -0.323 e. The van der Waals surface area contributed by atoms with Gasteiger partial charge in [0.1, 0.15) is 0 Å². The molecule has 1 aliphatic rings. The maximum Gasteiger partial charge on any atom is 0.238 e. The van der Waals surface area contributed by atoms with Gasteiger partial charge in [0.05, 0.1) is 17.7 Å². The minimum atomic E-state index is 0.0367. The molecule has 4 nitrogen and oxygen atoms in total. The highest BCUT2D eigenvalue weighted by molar-refractivity contribution is 6.00. The van der Waals surface area contributed by atoms with Crippen LogP contribution in [0.3, 0.4) is 0 Å². The summed E-state index contributed by atoms with van der Waals surface area (Å²) in [5.41, 5.74) is 3.05. The number of amides is 1. The summed E-state index contributed by atoms with van der Waals surface area (Å²) in [6, 6.07) is 20.5. The fraction of sp³-hybridized carbons (Fsp3) is 0.304. The van der Waals surface area contributed by atoms with E-state index in [1.54, 1.807) is 6.20 Å². The van der Waals surface area contributed by atoms with Gasteiger partial charge in [-0.05, 0) is 56.0 Å². The van der Waals surface area contributed by atoms with Gasteiger partial charge in [0.15, 0.2) is 0 Å². The highest BCUT2D eigenvalue weighted by Crippen LogP contribution is 2.23. The summed E-state index contributed by atoms with van der Waals surface area (Å²) >= 11 is 0. The molecule has 0 saturated carbocycles. The van der Waals surface area contributed by atoms with Crippen molar-refractivity contribution in [3.8, 4) is 0 Å². The third-order valence-corrected chi connectivity index (χ3v) is 5.35. The monoisotopic (exact) mass is 359 g/mol. The van der Waals surface area contributed by atoms with E-state index >= 15 is 0 Å². The number of carbonyl (C=O) groups excluding carboxylic acids is 1. The van der Waals surface area contributed by atoms with Gasteiger partial charge >= 0.3 is 0 Å². The maximum absolute atomic E-state index is 12.5. The quantitative estimate of drug-likeness (QED) is 0.745. The molecule has 2 heterocycles. The fourth-order valence-electron chi connectivity index (χ4n) is 3.89. The molecule has 2 aromatic carbocycles. The number of benzene rings is 2. The maximum atomic E-state index is 12.5. The Bertz CT molecular complexity index is 896. The Morgan fingerprint density at radius 2 is 1.78 bits per heavy atom. The van der Waals surface area contributed by atoms with Crippen LogP contribution in [0.1, 0.15) is 18.4 Å². The number of aromatic nitrogens is 1. The minimum absolute atomic E-state index is 0.0367. The summed E-state index contributed by atoms with van der Waals surface area (Å²) in [7, 11) is 0. The van der Waals surface area contributed by atoms with E-state index in [4.69, 9.17) is 0 Å². The normalized spacial score (nSPS) is 15.7. The Morgan fingerprint density at radius 1 is 1.00 bits per heavy atom. The smallest absolute Gasteiger partial charge is 0.238 e. The first-order valence-corrected chi connectivity index (χ1v) is 9.68. The highest BCUT2D eigenvalue weighted by Gasteiger charge is 2.21. The summed E-state index contributed by atoms with van der Waals surface area (Å²) in [4.78, 5) is 19.2. The van der Waals surface area contributed by atoms with Crippen molar-refractivity contribution in [1.82, 2.24) is 9.88 Å². The number of pyridine rings is 1. The lowest BCUT2D eigenvalue weighted by Crippen LogP contribution is -2.39. The number of likely N-dealkylation sites (tertiary alicyclic amines) is 1. The molecule has 0 atom stereocenters. The second kappa shape index (κ2) is 8.31. The van der Waals surface area contributed by atoms with Crippen molar-refractivity contribution in [3.63, 3.8) is 0 Å². The number of nitrogens with one attached hydrogen (secondary N) is 1. The summed E-state index contributed by atoms with van der Waals surface area (Å²) in [5, 5.41) is 4.08. The van der Waals surface area contributed by atoms with E-state index in [9.17, 15) is 4.79 Å². The number of fused-ring (bicyclic) bond motifs is 1. The zero-order valence-corrected chi connectivity index (χ0v) is 15.5. The van der Waals surface area contributed by atoms with E-state index in [2.05, 4.69) is 45.5 Å². The Kier molecular flexibility index (Phi) is 5.45. The number of hydrogen-bond donors (Lipinski definition) is 1. The van der Waals surface area contributed by atoms with Crippen molar-refractivity contribution < 1.29 is 4.79 Å². The van der Waals surface area contributed by atoms with Crippen LogP contribution in [0.15, 0.2) is 66.9 Å². The van der Waals surface area contributed by atoms with Gasteiger partial charge in [-0.3, -0.25) is 14.7 Å². The standard InChI is InChI=1S/C23H25N3O/c27-22(25-21-10-4-8-20-9-5-13-24-23(20)21)17-26-14-11-19(12-15-26)16-18-6-2-1-3-7-18/h1-10,13,19H,11-12,14-17H2,(H,25,27). The molecule has 0 radical (unpaired) electrons. The molecule has 1 N–H and O–H groups in total. The zero-order chi connectivity index (χ0) is 18.5. The molecule has 1 fully saturated rings. The van der Waals surface area contributed by atoms with Crippen LogP contribution in [0.25, 0.3) is 10.9 Å². The summed E-state index contributed by atoms with van der Waals surface area (Å²) in [6.07, 6.45) is 5.20. The number of rotatable bonds is 5. The molecule has 27 heavy (non-hydrogen) atoms. The second-order valence-electron chi connectivity index (χ2n) is 7.34. The first kappa shape index (κ1) is 17.7. The molecule has 0 spiro atoms. The van der Waals surface area contributed by atoms with Gasteiger partial charge in [-0.15, -0.1) is 0 Å². The first-order valence-electron chi connectivity index (χ1n) is 9.68. The Balaban J connectivity index is 1.29. The lowest BCUT2D eigenvalue weighted by Gasteiger charge is -2.31. The lowest BCUT2D eigenvalue weighted by atomic mass is 9.90. The van der Waals surface area contributed by atoms with Gasteiger partial charge in [0.25, 0.3) is 0 Å². The third kappa shape index (κ3) is 4.52. The van der Waals surface area contributed by atoms with Gasteiger partial charge in [-0.1, -0.05) is 48.5 Å². The van der Waals surface area contributed by atoms with Gasteiger partial charge < -0.3 is 5.32 Å². The molecule has 0 aliphatic carbocycles. The highest BCUT2D eigenvalue weighted by atomic mass is 16.2.